The van der Waals surface area contributed by atoms with Crippen molar-refractivity contribution < 1.29 is 14.6 Å². The molecular formula is C10H23NO3S. The van der Waals surface area contributed by atoms with Gasteiger partial charge in [0.15, 0.2) is 0 Å². The molecule has 15 heavy (non-hydrogen) atoms. The molecule has 0 saturated carbocycles. The molecule has 2 unspecified atom stereocenters. The van der Waals surface area contributed by atoms with E-state index in [1.807, 2.05) is 11.8 Å². The van der Waals surface area contributed by atoms with E-state index in [1.165, 1.54) is 0 Å². The van der Waals surface area contributed by atoms with E-state index in [0.717, 1.165) is 6.54 Å². The summed E-state index contributed by atoms with van der Waals surface area (Å²) in [6.45, 7) is 5.12. The SMILES string of the molecule is COCCOCC(O)CNCC(C)SC. The number of rotatable bonds is 10. The number of aliphatic hydroxyl groups is 1. The Bertz CT molecular complexity index is 138. The largest absolute Gasteiger partial charge is 0.389 e. The van der Waals surface area contributed by atoms with Crippen LogP contribution in [0, 0.1) is 0 Å². The second kappa shape index (κ2) is 10.7. The number of thioether (sulfide) groups is 1. The average molecular weight is 237 g/mol. The zero-order chi connectivity index (χ0) is 11.5. The normalized spacial score (nSPS) is 15.2. The van der Waals surface area contributed by atoms with Crippen LogP contribution in [0.15, 0.2) is 0 Å². The van der Waals surface area contributed by atoms with E-state index in [4.69, 9.17) is 9.47 Å². The van der Waals surface area contributed by atoms with Crippen LogP contribution in [0.25, 0.3) is 0 Å². The van der Waals surface area contributed by atoms with Gasteiger partial charge in [0.25, 0.3) is 0 Å². The smallest absolute Gasteiger partial charge is 0.0897 e. The molecule has 0 amide bonds. The van der Waals surface area contributed by atoms with Crippen LogP contribution < -0.4 is 5.32 Å². The summed E-state index contributed by atoms with van der Waals surface area (Å²) in [7, 11) is 1.63. The molecule has 0 bridgehead atoms. The Balaban J connectivity index is 3.21. The highest BCUT2D eigenvalue weighted by Crippen LogP contribution is 2.02. The van der Waals surface area contributed by atoms with Crippen molar-refractivity contribution in [3.05, 3.63) is 0 Å². The summed E-state index contributed by atoms with van der Waals surface area (Å²) in [5.74, 6) is 0. The third-order valence-corrected chi connectivity index (χ3v) is 2.93. The Hall–Kier alpha value is 0.190. The van der Waals surface area contributed by atoms with Crippen molar-refractivity contribution in [2.45, 2.75) is 18.3 Å². The van der Waals surface area contributed by atoms with Gasteiger partial charge in [-0.15, -0.1) is 0 Å². The minimum Gasteiger partial charge on any atom is -0.389 e. The van der Waals surface area contributed by atoms with Crippen molar-refractivity contribution in [2.24, 2.45) is 0 Å². The highest BCUT2D eigenvalue weighted by molar-refractivity contribution is 7.99. The Labute approximate surface area is 96.7 Å². The molecule has 5 heteroatoms. The number of methoxy groups -OCH3 is 1. The van der Waals surface area contributed by atoms with Gasteiger partial charge in [-0.05, 0) is 6.26 Å². The molecule has 0 aliphatic carbocycles. The van der Waals surface area contributed by atoms with E-state index in [9.17, 15) is 5.11 Å². The predicted molar refractivity (Wildman–Crippen MR) is 64.5 cm³/mol. The summed E-state index contributed by atoms with van der Waals surface area (Å²) in [4.78, 5) is 0. The molecule has 2 atom stereocenters. The average Bonchev–Trinajstić information content (AvgIpc) is 2.24. The maximum atomic E-state index is 9.50. The van der Waals surface area contributed by atoms with E-state index in [1.54, 1.807) is 7.11 Å². The summed E-state index contributed by atoms with van der Waals surface area (Å²) in [6, 6.07) is 0. The first-order valence-electron chi connectivity index (χ1n) is 5.19. The quantitative estimate of drug-likeness (QED) is 0.537. The zero-order valence-electron chi connectivity index (χ0n) is 9.86. The number of hydrogen-bond acceptors (Lipinski definition) is 5. The molecule has 0 aliphatic rings. The summed E-state index contributed by atoms with van der Waals surface area (Å²) >= 11 is 1.81. The van der Waals surface area contributed by atoms with Crippen LogP contribution in [-0.2, 0) is 9.47 Å². The molecule has 0 radical (unpaired) electrons. The number of ether oxygens (including phenoxy) is 2. The summed E-state index contributed by atoms with van der Waals surface area (Å²) in [5.41, 5.74) is 0. The van der Waals surface area contributed by atoms with Gasteiger partial charge in [-0.3, -0.25) is 0 Å². The monoisotopic (exact) mass is 237 g/mol. The molecule has 0 spiro atoms. The number of nitrogens with one attached hydrogen (secondary N) is 1. The first kappa shape index (κ1) is 15.2. The molecule has 0 aromatic carbocycles. The molecule has 0 aliphatic heterocycles. The molecule has 0 aromatic rings. The first-order chi connectivity index (χ1) is 7.20. The van der Waals surface area contributed by atoms with E-state index >= 15 is 0 Å². The van der Waals surface area contributed by atoms with E-state index < -0.39 is 6.10 Å². The molecule has 0 aromatic heterocycles. The Morgan fingerprint density at radius 3 is 2.67 bits per heavy atom. The highest BCUT2D eigenvalue weighted by atomic mass is 32.2. The molecule has 2 N–H and O–H groups in total. The lowest BCUT2D eigenvalue weighted by Crippen LogP contribution is -2.33. The van der Waals surface area contributed by atoms with Crippen molar-refractivity contribution in [3.8, 4) is 0 Å². The fourth-order valence-electron chi connectivity index (χ4n) is 0.957. The summed E-state index contributed by atoms with van der Waals surface area (Å²) < 4.78 is 10.0. The molecular weight excluding hydrogens is 214 g/mol. The summed E-state index contributed by atoms with van der Waals surface area (Å²) in [5, 5.41) is 13.3. The second-order valence-electron chi connectivity index (χ2n) is 3.43. The third-order valence-electron chi connectivity index (χ3n) is 1.96. The van der Waals surface area contributed by atoms with Gasteiger partial charge in [0, 0.05) is 25.4 Å². The van der Waals surface area contributed by atoms with Gasteiger partial charge < -0.3 is 19.9 Å². The Morgan fingerprint density at radius 1 is 1.33 bits per heavy atom. The van der Waals surface area contributed by atoms with E-state index in [0.29, 0.717) is 31.6 Å². The molecule has 92 valence electrons. The van der Waals surface area contributed by atoms with Gasteiger partial charge in [-0.25, -0.2) is 0 Å². The van der Waals surface area contributed by atoms with Crippen molar-refractivity contribution >= 4 is 11.8 Å². The van der Waals surface area contributed by atoms with Crippen LogP contribution in [0.3, 0.4) is 0 Å². The van der Waals surface area contributed by atoms with E-state index in [2.05, 4.69) is 18.5 Å². The van der Waals surface area contributed by atoms with Gasteiger partial charge in [0.1, 0.15) is 0 Å². The number of aliphatic hydroxyl groups excluding tert-OH is 1. The highest BCUT2D eigenvalue weighted by Gasteiger charge is 2.04. The maximum Gasteiger partial charge on any atom is 0.0897 e. The lowest BCUT2D eigenvalue weighted by Gasteiger charge is -2.14. The predicted octanol–water partition coefficient (Wildman–Crippen LogP) is 0.351. The van der Waals surface area contributed by atoms with Crippen LogP contribution >= 0.6 is 11.8 Å². The lowest BCUT2D eigenvalue weighted by molar-refractivity contribution is 0.0139. The Morgan fingerprint density at radius 2 is 2.07 bits per heavy atom. The van der Waals surface area contributed by atoms with Gasteiger partial charge in [0.2, 0.25) is 0 Å². The van der Waals surface area contributed by atoms with Gasteiger partial charge in [-0.1, -0.05) is 6.92 Å². The van der Waals surface area contributed by atoms with Crippen LogP contribution in [0.1, 0.15) is 6.92 Å². The summed E-state index contributed by atoms with van der Waals surface area (Å²) in [6.07, 6.45) is 1.65. The van der Waals surface area contributed by atoms with Gasteiger partial charge in [0.05, 0.1) is 25.9 Å². The van der Waals surface area contributed by atoms with Crippen LogP contribution in [-0.4, -0.2) is 62.7 Å². The van der Waals surface area contributed by atoms with Crippen molar-refractivity contribution in [2.75, 3.05) is 46.3 Å². The molecule has 0 saturated heterocycles. The topological polar surface area (TPSA) is 50.7 Å². The van der Waals surface area contributed by atoms with Gasteiger partial charge in [-0.2, -0.15) is 11.8 Å². The minimum atomic E-state index is -0.434. The second-order valence-corrected chi connectivity index (χ2v) is 4.70. The van der Waals surface area contributed by atoms with Crippen molar-refractivity contribution in [3.63, 3.8) is 0 Å². The van der Waals surface area contributed by atoms with Crippen LogP contribution in [0.2, 0.25) is 0 Å². The van der Waals surface area contributed by atoms with Crippen LogP contribution in [0.5, 0.6) is 0 Å². The molecule has 0 fully saturated rings. The molecule has 0 rings (SSSR count). The lowest BCUT2D eigenvalue weighted by atomic mass is 10.3. The van der Waals surface area contributed by atoms with E-state index in [-0.39, 0.29) is 0 Å². The number of hydrogen-bond donors (Lipinski definition) is 2. The van der Waals surface area contributed by atoms with Crippen LogP contribution in [0.4, 0.5) is 0 Å². The fourth-order valence-corrected chi connectivity index (χ4v) is 1.24. The first-order valence-corrected chi connectivity index (χ1v) is 6.47. The molecule has 4 nitrogen and oxygen atoms in total. The van der Waals surface area contributed by atoms with Gasteiger partial charge >= 0.3 is 0 Å². The minimum absolute atomic E-state index is 0.365. The maximum absolute atomic E-state index is 9.50. The Kier molecular flexibility index (Phi) is 10.8. The molecule has 0 heterocycles. The van der Waals surface area contributed by atoms with Crippen molar-refractivity contribution in [1.29, 1.82) is 0 Å². The zero-order valence-corrected chi connectivity index (χ0v) is 10.7. The fraction of sp³-hybridized carbons (Fsp3) is 1.00. The standard InChI is InChI=1S/C10H23NO3S/c1-9(15-3)6-11-7-10(12)8-14-5-4-13-2/h9-12H,4-8H2,1-3H3. The third kappa shape index (κ3) is 10.5. The van der Waals surface area contributed by atoms with Crippen molar-refractivity contribution in [1.82, 2.24) is 5.32 Å².